The molecule has 1 aromatic rings. The summed E-state index contributed by atoms with van der Waals surface area (Å²) in [5, 5.41) is 0.755. The molecule has 0 atom stereocenters. The van der Waals surface area contributed by atoms with Crippen molar-refractivity contribution in [2.45, 2.75) is 6.92 Å². The molecule has 0 aliphatic heterocycles. The van der Waals surface area contributed by atoms with E-state index in [-0.39, 0.29) is 0 Å². The topological polar surface area (TPSA) is 0 Å². The molecular formula is C10H9Cl. The predicted molar refractivity (Wildman–Crippen MR) is 49.7 cm³/mol. The summed E-state index contributed by atoms with van der Waals surface area (Å²) in [6.07, 6.45) is 0. The maximum absolute atomic E-state index is 5.71. The Balaban J connectivity index is 3.08. The molecule has 0 saturated heterocycles. The number of benzene rings is 1. The van der Waals surface area contributed by atoms with Crippen molar-refractivity contribution in [3.63, 3.8) is 0 Å². The SMILES string of the molecule is C=C=C(C)c1ccc(Cl)cc1. The maximum atomic E-state index is 5.71. The van der Waals surface area contributed by atoms with Gasteiger partial charge in [-0.2, -0.15) is 0 Å². The van der Waals surface area contributed by atoms with Crippen molar-refractivity contribution < 1.29 is 0 Å². The fourth-order valence-corrected chi connectivity index (χ4v) is 0.928. The van der Waals surface area contributed by atoms with Crippen LogP contribution in [0.5, 0.6) is 0 Å². The molecule has 0 bridgehead atoms. The summed E-state index contributed by atoms with van der Waals surface area (Å²) < 4.78 is 0. The zero-order chi connectivity index (χ0) is 8.27. The van der Waals surface area contributed by atoms with E-state index < -0.39 is 0 Å². The quantitative estimate of drug-likeness (QED) is 0.557. The molecule has 0 aliphatic carbocycles. The Kier molecular flexibility index (Phi) is 2.53. The highest BCUT2D eigenvalue weighted by Crippen LogP contribution is 2.15. The van der Waals surface area contributed by atoms with Crippen LogP contribution in [-0.2, 0) is 0 Å². The third-order valence-corrected chi connectivity index (χ3v) is 1.79. The molecular weight excluding hydrogens is 156 g/mol. The summed E-state index contributed by atoms with van der Waals surface area (Å²) in [7, 11) is 0. The van der Waals surface area contributed by atoms with Crippen molar-refractivity contribution in [1.82, 2.24) is 0 Å². The van der Waals surface area contributed by atoms with Crippen LogP contribution in [0.2, 0.25) is 5.02 Å². The average Bonchev–Trinajstić information content (AvgIpc) is 2.05. The lowest BCUT2D eigenvalue weighted by atomic mass is 10.1. The fraction of sp³-hybridized carbons (Fsp3) is 0.100. The van der Waals surface area contributed by atoms with Crippen LogP contribution in [-0.4, -0.2) is 0 Å². The van der Waals surface area contributed by atoms with Gasteiger partial charge in [-0.15, -0.1) is 5.73 Å². The van der Waals surface area contributed by atoms with Gasteiger partial charge in [-0.25, -0.2) is 0 Å². The third-order valence-electron chi connectivity index (χ3n) is 1.54. The second-order valence-electron chi connectivity index (χ2n) is 2.31. The minimum atomic E-state index is 0.755. The molecule has 56 valence electrons. The van der Waals surface area contributed by atoms with E-state index in [9.17, 15) is 0 Å². The van der Waals surface area contributed by atoms with E-state index in [4.69, 9.17) is 11.6 Å². The molecule has 0 radical (unpaired) electrons. The summed E-state index contributed by atoms with van der Waals surface area (Å²) in [6.45, 7) is 5.53. The normalized spacial score (nSPS) is 8.91. The Bertz CT molecular complexity index is 289. The van der Waals surface area contributed by atoms with Gasteiger partial charge in [-0.05, 0) is 30.2 Å². The summed E-state index contributed by atoms with van der Waals surface area (Å²) in [6, 6.07) is 7.63. The highest BCUT2D eigenvalue weighted by atomic mass is 35.5. The first kappa shape index (κ1) is 8.13. The van der Waals surface area contributed by atoms with Gasteiger partial charge in [-0.3, -0.25) is 0 Å². The highest BCUT2D eigenvalue weighted by molar-refractivity contribution is 6.30. The molecule has 11 heavy (non-hydrogen) atoms. The van der Waals surface area contributed by atoms with Crippen LogP contribution < -0.4 is 0 Å². The molecule has 0 N–H and O–H groups in total. The van der Waals surface area contributed by atoms with E-state index in [1.54, 1.807) is 0 Å². The summed E-state index contributed by atoms with van der Waals surface area (Å²) in [5.74, 6) is 0. The number of rotatable bonds is 1. The van der Waals surface area contributed by atoms with Crippen molar-refractivity contribution in [2.24, 2.45) is 0 Å². The molecule has 0 amide bonds. The number of hydrogen-bond donors (Lipinski definition) is 0. The van der Waals surface area contributed by atoms with E-state index in [2.05, 4.69) is 12.3 Å². The van der Waals surface area contributed by atoms with Gasteiger partial charge >= 0.3 is 0 Å². The number of allylic oxidation sites excluding steroid dienone is 1. The van der Waals surface area contributed by atoms with Gasteiger partial charge in [0.2, 0.25) is 0 Å². The smallest absolute Gasteiger partial charge is 0.0406 e. The first-order valence-electron chi connectivity index (χ1n) is 3.36. The second-order valence-corrected chi connectivity index (χ2v) is 2.75. The van der Waals surface area contributed by atoms with E-state index in [0.717, 1.165) is 16.2 Å². The van der Waals surface area contributed by atoms with Gasteiger partial charge in [-0.1, -0.05) is 30.3 Å². The van der Waals surface area contributed by atoms with E-state index in [0.29, 0.717) is 0 Å². The average molecular weight is 165 g/mol. The maximum Gasteiger partial charge on any atom is 0.0406 e. The van der Waals surface area contributed by atoms with Crippen LogP contribution in [0.4, 0.5) is 0 Å². The monoisotopic (exact) mass is 164 g/mol. The van der Waals surface area contributed by atoms with Crippen LogP contribution >= 0.6 is 11.6 Å². The lowest BCUT2D eigenvalue weighted by Gasteiger charge is -1.96. The van der Waals surface area contributed by atoms with Gasteiger partial charge < -0.3 is 0 Å². The molecule has 1 aromatic carbocycles. The molecule has 0 aliphatic rings. The van der Waals surface area contributed by atoms with Gasteiger partial charge in [0.15, 0.2) is 0 Å². The van der Waals surface area contributed by atoms with Crippen LogP contribution in [0.25, 0.3) is 5.57 Å². The number of hydrogen-bond acceptors (Lipinski definition) is 0. The summed E-state index contributed by atoms with van der Waals surface area (Å²) >= 11 is 5.71. The van der Waals surface area contributed by atoms with Crippen molar-refractivity contribution in [2.75, 3.05) is 0 Å². The molecule has 0 saturated carbocycles. The van der Waals surface area contributed by atoms with Crippen LogP contribution in [0, 0.1) is 0 Å². The fourth-order valence-electron chi connectivity index (χ4n) is 0.802. The minimum Gasteiger partial charge on any atom is -0.125 e. The van der Waals surface area contributed by atoms with Crippen LogP contribution in [0.1, 0.15) is 12.5 Å². The first-order valence-corrected chi connectivity index (χ1v) is 3.74. The molecule has 1 heteroatoms. The van der Waals surface area contributed by atoms with Gasteiger partial charge in [0.25, 0.3) is 0 Å². The highest BCUT2D eigenvalue weighted by Gasteiger charge is 1.92. The van der Waals surface area contributed by atoms with Crippen molar-refractivity contribution >= 4 is 17.2 Å². The zero-order valence-corrected chi connectivity index (χ0v) is 7.15. The Morgan fingerprint density at radius 1 is 1.36 bits per heavy atom. The van der Waals surface area contributed by atoms with Gasteiger partial charge in [0, 0.05) is 5.02 Å². The largest absolute Gasteiger partial charge is 0.125 e. The van der Waals surface area contributed by atoms with Crippen molar-refractivity contribution in [3.8, 4) is 0 Å². The minimum absolute atomic E-state index is 0.755. The number of halogens is 1. The molecule has 0 spiro atoms. The van der Waals surface area contributed by atoms with Gasteiger partial charge in [0.05, 0.1) is 0 Å². The van der Waals surface area contributed by atoms with E-state index >= 15 is 0 Å². The van der Waals surface area contributed by atoms with E-state index in [1.807, 2.05) is 31.2 Å². The molecule has 0 nitrogen and oxygen atoms in total. The molecule has 0 fully saturated rings. The third kappa shape index (κ3) is 1.98. The standard InChI is InChI=1S/C10H9Cl/c1-3-8(2)9-4-6-10(11)7-5-9/h4-7H,1H2,2H3. The Morgan fingerprint density at radius 3 is 2.36 bits per heavy atom. The Labute approximate surface area is 71.8 Å². The van der Waals surface area contributed by atoms with Crippen molar-refractivity contribution in [3.05, 3.63) is 47.2 Å². The summed E-state index contributed by atoms with van der Waals surface area (Å²) in [5.41, 5.74) is 4.98. The second kappa shape index (κ2) is 3.43. The van der Waals surface area contributed by atoms with Crippen LogP contribution in [0.3, 0.4) is 0 Å². The molecule has 0 heterocycles. The lowest BCUT2D eigenvalue weighted by molar-refractivity contribution is 1.58. The molecule has 0 unspecified atom stereocenters. The van der Waals surface area contributed by atoms with Crippen LogP contribution in [0.15, 0.2) is 36.6 Å². The van der Waals surface area contributed by atoms with E-state index in [1.165, 1.54) is 0 Å². The Hall–Kier alpha value is -0.970. The van der Waals surface area contributed by atoms with Gasteiger partial charge in [0.1, 0.15) is 0 Å². The first-order chi connectivity index (χ1) is 5.24. The zero-order valence-electron chi connectivity index (χ0n) is 6.39. The van der Waals surface area contributed by atoms with Crippen molar-refractivity contribution in [1.29, 1.82) is 0 Å². The predicted octanol–water partition coefficient (Wildman–Crippen LogP) is 3.53. The summed E-state index contributed by atoms with van der Waals surface area (Å²) in [4.78, 5) is 0. The molecule has 0 aromatic heterocycles. The Morgan fingerprint density at radius 2 is 1.91 bits per heavy atom. The lowest BCUT2D eigenvalue weighted by Crippen LogP contribution is -1.75. The molecule has 1 rings (SSSR count).